The van der Waals surface area contributed by atoms with Crippen LogP contribution in [0.2, 0.25) is 0 Å². The number of hydrogen-bond acceptors (Lipinski definition) is 15. The summed E-state index contributed by atoms with van der Waals surface area (Å²) >= 11 is 3.99. The zero-order valence-corrected chi connectivity index (χ0v) is 31.8. The first-order valence-corrected chi connectivity index (χ1v) is 18.1. The predicted octanol–water partition coefficient (Wildman–Crippen LogP) is 2.42. The molecule has 15 nitrogen and oxygen atoms in total. The van der Waals surface area contributed by atoms with E-state index in [1.54, 1.807) is 36.0 Å². The van der Waals surface area contributed by atoms with E-state index < -0.39 is 35.6 Å². The van der Waals surface area contributed by atoms with Gasteiger partial charge in [-0.25, -0.2) is 14.5 Å². The summed E-state index contributed by atoms with van der Waals surface area (Å²) in [6.45, 7) is 4.82. The van der Waals surface area contributed by atoms with Gasteiger partial charge in [0.05, 0.1) is 25.1 Å². The van der Waals surface area contributed by atoms with Crippen LogP contribution < -0.4 is 11.1 Å². The van der Waals surface area contributed by atoms with E-state index in [9.17, 15) is 19.2 Å². The molecule has 1 aromatic carbocycles. The van der Waals surface area contributed by atoms with Gasteiger partial charge in [-0.3, -0.25) is 19.3 Å². The maximum atomic E-state index is 13.9. The minimum Gasteiger partial charge on any atom is -0.425 e. The fourth-order valence-corrected chi connectivity index (χ4v) is 7.80. The fraction of sp³-hybridized carbons (Fsp3) is 0.467. The highest BCUT2D eigenvalue weighted by molar-refractivity contribution is 8.01. The van der Waals surface area contributed by atoms with Crippen LogP contribution in [0.25, 0.3) is 0 Å². The van der Waals surface area contributed by atoms with Crippen molar-refractivity contribution in [1.29, 1.82) is 0 Å². The van der Waals surface area contributed by atoms with Crippen molar-refractivity contribution in [2.75, 3.05) is 37.9 Å². The molecule has 0 spiro atoms. The molecule has 5 rings (SSSR count). The molecular formula is C30H39Cl2N9O6S3. The van der Waals surface area contributed by atoms with Gasteiger partial charge in [-0.1, -0.05) is 55.9 Å². The number of aromatic nitrogens is 5. The molecule has 50 heavy (non-hydrogen) atoms. The Morgan fingerprint density at radius 1 is 1.14 bits per heavy atom. The van der Waals surface area contributed by atoms with Gasteiger partial charge in [-0.05, 0) is 35.7 Å². The van der Waals surface area contributed by atoms with Gasteiger partial charge >= 0.3 is 11.9 Å². The molecule has 2 aliphatic rings. The first-order valence-electron chi connectivity index (χ1n) is 15.1. The van der Waals surface area contributed by atoms with Crippen LogP contribution in [0.3, 0.4) is 0 Å². The van der Waals surface area contributed by atoms with Crippen molar-refractivity contribution in [3.05, 3.63) is 58.2 Å². The number of carbonyl (C=O) groups is 4. The minimum atomic E-state index is -1.20. The summed E-state index contributed by atoms with van der Waals surface area (Å²) in [6.07, 6.45) is -1.22. The van der Waals surface area contributed by atoms with Crippen LogP contribution in [0.4, 0.5) is 5.13 Å². The van der Waals surface area contributed by atoms with Gasteiger partial charge in [0.1, 0.15) is 17.1 Å². The number of esters is 2. The molecule has 0 bridgehead atoms. The zero-order chi connectivity index (χ0) is 34.4. The van der Waals surface area contributed by atoms with Crippen LogP contribution in [0, 0.1) is 5.92 Å². The van der Waals surface area contributed by atoms with Crippen LogP contribution in [0.5, 0.6) is 0 Å². The number of nitrogens with two attached hydrogens (primary N) is 1. The van der Waals surface area contributed by atoms with E-state index in [1.807, 2.05) is 37.2 Å². The molecule has 3 N–H and O–H groups in total. The van der Waals surface area contributed by atoms with Crippen molar-refractivity contribution in [3.8, 4) is 0 Å². The summed E-state index contributed by atoms with van der Waals surface area (Å²) in [4.78, 5) is 60.6. The topological polar surface area (TPSA) is 188 Å². The van der Waals surface area contributed by atoms with Crippen molar-refractivity contribution < 1.29 is 28.7 Å². The molecular weight excluding hydrogens is 749 g/mol. The molecule has 3 aromatic rings. The Labute approximate surface area is 314 Å². The van der Waals surface area contributed by atoms with E-state index in [0.717, 1.165) is 12.1 Å². The quantitative estimate of drug-likeness (QED) is 0.0990. The van der Waals surface area contributed by atoms with Crippen LogP contribution in [-0.4, -0.2) is 109 Å². The fourth-order valence-electron chi connectivity index (χ4n) is 4.85. The molecule has 3 atom stereocenters. The first kappa shape index (κ1) is 41.0. The number of fused-ring (bicyclic) bond motifs is 1. The van der Waals surface area contributed by atoms with E-state index in [4.69, 9.17) is 15.2 Å². The number of rotatable bonds is 15. The number of benzene rings is 1. The van der Waals surface area contributed by atoms with Crippen LogP contribution >= 0.6 is 59.7 Å². The lowest BCUT2D eigenvalue weighted by Gasteiger charge is -2.49. The second-order valence-corrected chi connectivity index (χ2v) is 14.6. The maximum Gasteiger partial charge on any atom is 0.358 e. The summed E-state index contributed by atoms with van der Waals surface area (Å²) in [7, 11) is 3.90. The third-order valence-electron chi connectivity index (χ3n) is 7.31. The Morgan fingerprint density at radius 3 is 2.54 bits per heavy atom. The SMILES string of the molecule is CC(C)C(OC(=O)Cc1ccccc1)OC(=O)C1=C(CSc2nnnn2CCN(C)C)CS[C@@H]2[C@H](NC(=O)Cc3csc(N)n3)C(=O)N12.Cl.Cl. The molecule has 2 amide bonds. The van der Waals surface area contributed by atoms with Crippen LogP contribution in [0.15, 0.2) is 52.1 Å². The molecule has 0 aliphatic carbocycles. The number of likely N-dealkylation sites (N-methyl/N-ethyl adjacent to an activating group) is 1. The van der Waals surface area contributed by atoms with E-state index >= 15 is 0 Å². The number of ether oxygens (including phenoxy) is 2. The summed E-state index contributed by atoms with van der Waals surface area (Å²) in [5.41, 5.74) is 7.64. The highest BCUT2D eigenvalue weighted by Crippen LogP contribution is 2.42. The lowest BCUT2D eigenvalue weighted by Crippen LogP contribution is -2.70. The van der Waals surface area contributed by atoms with Crippen molar-refractivity contribution in [2.24, 2.45) is 5.92 Å². The van der Waals surface area contributed by atoms with Gasteiger partial charge < -0.3 is 25.4 Å². The number of nitrogen functional groups attached to an aromatic ring is 1. The van der Waals surface area contributed by atoms with Crippen molar-refractivity contribution in [1.82, 2.24) is 40.3 Å². The third kappa shape index (κ3) is 10.3. The zero-order valence-electron chi connectivity index (χ0n) is 27.7. The number of halogens is 2. The molecule has 0 saturated carbocycles. The summed E-state index contributed by atoms with van der Waals surface area (Å²) in [5.74, 6) is -1.90. The number of nitrogens with one attached hydrogen (secondary N) is 1. The number of anilines is 1. The lowest BCUT2D eigenvalue weighted by atomic mass is 10.0. The summed E-state index contributed by atoms with van der Waals surface area (Å²) < 4.78 is 13.1. The number of nitrogens with zero attached hydrogens (tertiary/aromatic N) is 7. The average molecular weight is 789 g/mol. The first-order chi connectivity index (χ1) is 23.0. The van der Waals surface area contributed by atoms with Gasteiger partial charge in [0.15, 0.2) is 5.13 Å². The minimum absolute atomic E-state index is 0. The van der Waals surface area contributed by atoms with Gasteiger partial charge in [0, 0.05) is 29.3 Å². The largest absolute Gasteiger partial charge is 0.425 e. The number of tetrazole rings is 1. The summed E-state index contributed by atoms with van der Waals surface area (Å²) in [5, 5.41) is 16.8. The Bertz CT molecular complexity index is 1670. The Hall–Kier alpha value is -3.42. The Morgan fingerprint density at radius 2 is 1.88 bits per heavy atom. The standard InChI is InChI=1S/C30H37N9O6S3.2ClH/c1-17(2)28(44-22(41)12-18-8-6-5-7-9-18)45-27(43)24-19(15-48-30-34-35-36-38(30)11-10-37(3)4)14-46-26-23(25(42)39(24)26)33-21(40)13-20-16-47-29(31)32-20;;/h5-9,16-17,23,26,28H,10-15H2,1-4H3,(H2,31,32)(H,33,40);2*1H/t23-,26-,28?;;/m1../s1. The van der Waals surface area contributed by atoms with E-state index in [0.29, 0.717) is 39.6 Å². The van der Waals surface area contributed by atoms with E-state index in [1.165, 1.54) is 39.8 Å². The predicted molar refractivity (Wildman–Crippen MR) is 195 cm³/mol. The number of thiazole rings is 1. The number of hydrogen-bond donors (Lipinski definition) is 2. The highest BCUT2D eigenvalue weighted by atomic mass is 35.5. The molecule has 1 fully saturated rings. The van der Waals surface area contributed by atoms with Gasteiger partial charge in [0.2, 0.25) is 17.4 Å². The molecule has 1 unspecified atom stereocenters. The molecule has 2 aromatic heterocycles. The van der Waals surface area contributed by atoms with Crippen molar-refractivity contribution in [2.45, 2.75) is 56.1 Å². The number of β-lactam (4-membered cyclic amide) rings is 1. The highest BCUT2D eigenvalue weighted by Gasteiger charge is 2.54. The summed E-state index contributed by atoms with van der Waals surface area (Å²) in [6, 6.07) is 8.25. The Balaban J connectivity index is 0.00000338. The number of thioether (sulfide) groups is 2. The molecule has 1 saturated heterocycles. The lowest BCUT2D eigenvalue weighted by molar-refractivity contribution is -0.194. The van der Waals surface area contributed by atoms with Crippen molar-refractivity contribution >= 4 is 88.6 Å². The second kappa shape index (κ2) is 18.7. The molecule has 20 heteroatoms. The number of amides is 2. The van der Waals surface area contributed by atoms with Gasteiger partial charge in [0.25, 0.3) is 5.91 Å². The third-order valence-corrected chi connectivity index (χ3v) is 10.4. The maximum absolute atomic E-state index is 13.9. The molecule has 0 radical (unpaired) electrons. The number of carbonyl (C=O) groups excluding carboxylic acids is 4. The van der Waals surface area contributed by atoms with E-state index in [-0.39, 0.29) is 55.2 Å². The molecule has 4 heterocycles. The second-order valence-electron chi connectivity index (χ2n) is 11.7. The average Bonchev–Trinajstić information content (AvgIpc) is 3.68. The Kier molecular flexibility index (Phi) is 15.3. The smallest absolute Gasteiger partial charge is 0.358 e. The van der Waals surface area contributed by atoms with Gasteiger partial charge in [-0.2, -0.15) is 0 Å². The van der Waals surface area contributed by atoms with Crippen LogP contribution in [-0.2, 0) is 48.0 Å². The monoisotopic (exact) mass is 787 g/mol. The molecule has 272 valence electrons. The normalized spacial score (nSPS) is 17.3. The van der Waals surface area contributed by atoms with Crippen LogP contribution in [0.1, 0.15) is 25.1 Å². The van der Waals surface area contributed by atoms with E-state index in [2.05, 4.69) is 25.8 Å². The van der Waals surface area contributed by atoms with Crippen molar-refractivity contribution in [3.63, 3.8) is 0 Å². The molecule has 2 aliphatic heterocycles. The van der Waals surface area contributed by atoms with Gasteiger partial charge in [-0.15, -0.1) is 53.0 Å².